The summed E-state index contributed by atoms with van der Waals surface area (Å²) in [6, 6.07) is 7.99. The maximum absolute atomic E-state index is 10.8. The third-order valence-electron chi connectivity index (χ3n) is 1.49. The van der Waals surface area contributed by atoms with Gasteiger partial charge in [-0.3, -0.25) is 4.79 Å². The number of para-hydroxylation sites is 1. The molecule has 0 aliphatic carbocycles. The Balaban J connectivity index is 0.00000196. The van der Waals surface area contributed by atoms with Gasteiger partial charge in [-0.25, -0.2) is 4.79 Å². The van der Waals surface area contributed by atoms with Crippen LogP contribution in [0.3, 0.4) is 0 Å². The fourth-order valence-corrected chi connectivity index (χ4v) is 0.865. The number of nitrogens with zero attached hydrogens (tertiary/aromatic N) is 1. The molecule has 0 saturated carbocycles. The number of aliphatic carboxylic acids is 1. The molecule has 1 rings (SSSR count). The Morgan fingerprint density at radius 1 is 1.33 bits per heavy atom. The summed E-state index contributed by atoms with van der Waals surface area (Å²) in [4.78, 5) is 21.0. The van der Waals surface area contributed by atoms with Gasteiger partial charge < -0.3 is 10.4 Å². The number of hydrogen-bond donors (Lipinski definition) is 2. The summed E-state index contributed by atoms with van der Waals surface area (Å²) < 4.78 is 0. The minimum atomic E-state index is -1.59. The number of nitriles is 1. The van der Waals surface area contributed by atoms with Gasteiger partial charge in [0, 0.05) is 0 Å². The predicted molar refractivity (Wildman–Crippen MR) is 54.6 cm³/mol. The standard InChI is InChI=1S/C9H6N2O3.Na.H/c10-5-6-3-1-2-4-7(6)11-8(12)9(13)14;;/h1-4H,(H,11,12)(H,13,14);;. The van der Waals surface area contributed by atoms with E-state index in [9.17, 15) is 9.59 Å². The Morgan fingerprint density at radius 2 is 1.93 bits per heavy atom. The molecule has 5 nitrogen and oxygen atoms in total. The van der Waals surface area contributed by atoms with Crippen LogP contribution in [0.15, 0.2) is 24.3 Å². The molecule has 0 radical (unpaired) electrons. The number of carbonyl (C=O) groups excluding carboxylic acids is 1. The third-order valence-corrected chi connectivity index (χ3v) is 1.49. The van der Waals surface area contributed by atoms with Crippen LogP contribution >= 0.6 is 0 Å². The second kappa shape index (κ2) is 6.19. The molecule has 0 spiro atoms. The normalized spacial score (nSPS) is 8.20. The number of anilines is 1. The zero-order valence-corrected chi connectivity index (χ0v) is 7.02. The molecular weight excluding hydrogens is 207 g/mol. The number of carboxylic acid groups (broad SMARTS) is 1. The zero-order chi connectivity index (χ0) is 10.6. The van der Waals surface area contributed by atoms with Gasteiger partial charge in [0.1, 0.15) is 6.07 Å². The van der Waals surface area contributed by atoms with Crippen LogP contribution in [-0.2, 0) is 9.59 Å². The van der Waals surface area contributed by atoms with Crippen LogP contribution in [0.1, 0.15) is 5.56 Å². The summed E-state index contributed by atoms with van der Waals surface area (Å²) in [6.07, 6.45) is 0. The molecule has 6 heteroatoms. The molecule has 0 aliphatic heterocycles. The first-order valence-corrected chi connectivity index (χ1v) is 3.68. The van der Waals surface area contributed by atoms with Gasteiger partial charge in [-0.1, -0.05) is 12.1 Å². The zero-order valence-electron chi connectivity index (χ0n) is 7.02. The number of amides is 1. The van der Waals surface area contributed by atoms with Crippen molar-refractivity contribution in [3.8, 4) is 6.07 Å². The monoisotopic (exact) mass is 214 g/mol. The van der Waals surface area contributed by atoms with Gasteiger partial charge in [-0.05, 0) is 12.1 Å². The van der Waals surface area contributed by atoms with E-state index in [0.29, 0.717) is 0 Å². The van der Waals surface area contributed by atoms with Crippen LogP contribution in [0, 0.1) is 11.3 Å². The fraction of sp³-hybridized carbons (Fsp3) is 0. The molecule has 0 aliphatic rings. The van der Waals surface area contributed by atoms with Crippen molar-refractivity contribution < 1.29 is 14.7 Å². The van der Waals surface area contributed by atoms with E-state index in [1.807, 2.05) is 6.07 Å². The van der Waals surface area contributed by atoms with Crippen LogP contribution in [0.4, 0.5) is 5.69 Å². The number of rotatable bonds is 1. The van der Waals surface area contributed by atoms with Crippen LogP contribution < -0.4 is 5.32 Å². The summed E-state index contributed by atoms with van der Waals surface area (Å²) in [7, 11) is 0. The van der Waals surface area contributed by atoms with Gasteiger partial charge in [0.2, 0.25) is 0 Å². The quantitative estimate of drug-likeness (QED) is 0.506. The second-order valence-electron chi connectivity index (χ2n) is 2.42. The predicted octanol–water partition coefficient (Wildman–Crippen LogP) is -0.0671. The Kier molecular flexibility index (Phi) is 5.64. The first kappa shape index (κ1) is 13.7. The number of benzene rings is 1. The molecule has 72 valence electrons. The van der Waals surface area contributed by atoms with Crippen molar-refractivity contribution in [1.82, 2.24) is 0 Å². The van der Waals surface area contributed by atoms with Gasteiger partial charge in [0.05, 0.1) is 11.3 Å². The number of hydrogen-bond acceptors (Lipinski definition) is 3. The molecule has 0 fully saturated rings. The van der Waals surface area contributed by atoms with E-state index in [2.05, 4.69) is 5.32 Å². The van der Waals surface area contributed by atoms with Crippen LogP contribution in [-0.4, -0.2) is 46.5 Å². The average molecular weight is 214 g/mol. The van der Waals surface area contributed by atoms with Gasteiger partial charge in [0.15, 0.2) is 0 Å². The molecule has 2 N–H and O–H groups in total. The average Bonchev–Trinajstić information content (AvgIpc) is 2.18. The van der Waals surface area contributed by atoms with E-state index in [-0.39, 0.29) is 40.8 Å². The summed E-state index contributed by atoms with van der Waals surface area (Å²) in [5.74, 6) is -2.74. The maximum atomic E-state index is 10.8. The summed E-state index contributed by atoms with van der Waals surface area (Å²) in [6.45, 7) is 0. The summed E-state index contributed by atoms with van der Waals surface area (Å²) >= 11 is 0. The van der Waals surface area contributed by atoms with Gasteiger partial charge >= 0.3 is 41.4 Å². The Hall–Kier alpha value is -1.35. The number of carboxylic acids is 1. The summed E-state index contributed by atoms with van der Waals surface area (Å²) in [5.41, 5.74) is 0.421. The van der Waals surface area contributed by atoms with Crippen molar-refractivity contribution in [1.29, 1.82) is 5.26 Å². The van der Waals surface area contributed by atoms with Crippen molar-refractivity contribution >= 4 is 47.1 Å². The topological polar surface area (TPSA) is 90.2 Å². The summed E-state index contributed by atoms with van der Waals surface area (Å²) in [5, 5.41) is 19.0. The van der Waals surface area contributed by atoms with E-state index >= 15 is 0 Å². The molecule has 1 amide bonds. The first-order valence-electron chi connectivity index (χ1n) is 3.68. The molecule has 0 saturated heterocycles. The van der Waals surface area contributed by atoms with Crippen LogP contribution in [0.25, 0.3) is 0 Å². The van der Waals surface area contributed by atoms with E-state index in [0.717, 1.165) is 0 Å². The Morgan fingerprint density at radius 3 is 2.47 bits per heavy atom. The molecule has 0 unspecified atom stereocenters. The van der Waals surface area contributed by atoms with Crippen LogP contribution in [0.2, 0.25) is 0 Å². The molecule has 0 bridgehead atoms. The molecule has 15 heavy (non-hydrogen) atoms. The van der Waals surface area contributed by atoms with E-state index < -0.39 is 11.9 Å². The van der Waals surface area contributed by atoms with Gasteiger partial charge in [0.25, 0.3) is 0 Å². The minimum absolute atomic E-state index is 0. The van der Waals surface area contributed by atoms with E-state index in [1.165, 1.54) is 12.1 Å². The Labute approximate surface area is 108 Å². The third kappa shape index (κ3) is 3.72. The number of carbonyl (C=O) groups is 2. The van der Waals surface area contributed by atoms with Crippen molar-refractivity contribution in [2.45, 2.75) is 0 Å². The van der Waals surface area contributed by atoms with Gasteiger partial charge in [-0.15, -0.1) is 0 Å². The molecular formula is C9H7N2NaO3. The van der Waals surface area contributed by atoms with Crippen molar-refractivity contribution in [2.24, 2.45) is 0 Å². The Bertz CT molecular complexity index is 426. The van der Waals surface area contributed by atoms with E-state index in [1.54, 1.807) is 12.1 Å². The van der Waals surface area contributed by atoms with Crippen molar-refractivity contribution in [2.75, 3.05) is 5.32 Å². The van der Waals surface area contributed by atoms with Crippen molar-refractivity contribution in [3.05, 3.63) is 29.8 Å². The first-order chi connectivity index (χ1) is 6.65. The molecule has 0 heterocycles. The molecule has 1 aromatic carbocycles. The SMILES string of the molecule is N#Cc1ccccc1NC(=O)C(=O)O.[NaH]. The van der Waals surface area contributed by atoms with Crippen molar-refractivity contribution in [3.63, 3.8) is 0 Å². The molecule has 0 aromatic heterocycles. The second-order valence-corrected chi connectivity index (χ2v) is 2.42. The van der Waals surface area contributed by atoms with Crippen LogP contribution in [0.5, 0.6) is 0 Å². The molecule has 1 aromatic rings. The molecule has 0 atom stereocenters. The number of nitrogens with one attached hydrogen (secondary N) is 1. The van der Waals surface area contributed by atoms with E-state index in [4.69, 9.17) is 10.4 Å². The fourth-order valence-electron chi connectivity index (χ4n) is 0.865. The van der Waals surface area contributed by atoms with Gasteiger partial charge in [-0.2, -0.15) is 5.26 Å².